The topological polar surface area (TPSA) is 69.9 Å². The van der Waals surface area contributed by atoms with E-state index in [-0.39, 0.29) is 0 Å². The first-order chi connectivity index (χ1) is 34.2. The fraction of sp³-hybridized carbons (Fsp3) is 0. The maximum Gasteiger partial charge on any atom is 0.164 e. The Hall–Kier alpha value is -9.39. The van der Waals surface area contributed by atoms with E-state index in [2.05, 4.69) is 174 Å². The Morgan fingerprint density at radius 1 is 0.290 bits per heavy atom. The van der Waals surface area contributed by atoms with Gasteiger partial charge in [-0.05, 0) is 98.0 Å². The van der Waals surface area contributed by atoms with Gasteiger partial charge in [0.1, 0.15) is 22.3 Å². The molecule has 4 heterocycles. The third-order valence-corrected chi connectivity index (χ3v) is 14.0. The first-order valence-electron chi connectivity index (χ1n) is 23.2. The molecule has 0 atom stereocenters. The molecule has 4 aromatic heterocycles. The summed E-state index contributed by atoms with van der Waals surface area (Å²) in [5.74, 6) is 1.65. The van der Waals surface area contributed by atoms with Crippen LogP contribution in [-0.2, 0) is 0 Å². The van der Waals surface area contributed by atoms with Gasteiger partial charge in [0.15, 0.2) is 17.5 Å². The van der Waals surface area contributed by atoms with Crippen molar-refractivity contribution in [3.8, 4) is 51.0 Å². The van der Waals surface area contributed by atoms with E-state index < -0.39 is 0 Å². The van der Waals surface area contributed by atoms with Crippen molar-refractivity contribution < 1.29 is 8.83 Å². The van der Waals surface area contributed by atoms with Crippen molar-refractivity contribution in [2.24, 2.45) is 0 Å². The number of furan rings is 2. The standard InChI is InChI=1S/C63H36N4O2/c1-2-13-37(14-3-1)38-25-27-40(28-26-38)61-64-62(48-21-12-24-56-60(48)47-20-9-10-22-54(47)68-56)66-63(65-61)50-36-57-59(46-19-8-11-23-55(46)69-57)45-31-30-43(35-49(45)50)67-52-32-29-39-15-6-7-18-44(39)58(52)51-33-41-16-4-5-17-42(41)34-53(51)67/h1-36H. The van der Waals surface area contributed by atoms with Crippen LogP contribution in [-0.4, -0.2) is 19.5 Å². The summed E-state index contributed by atoms with van der Waals surface area (Å²) in [5.41, 5.74) is 11.3. The molecule has 0 spiro atoms. The monoisotopic (exact) mass is 880 g/mol. The first-order valence-corrected chi connectivity index (χ1v) is 23.2. The van der Waals surface area contributed by atoms with Crippen molar-refractivity contribution in [1.82, 2.24) is 19.5 Å². The molecular weight excluding hydrogens is 845 g/mol. The fourth-order valence-electron chi connectivity index (χ4n) is 10.9. The van der Waals surface area contributed by atoms with Crippen LogP contribution in [0.1, 0.15) is 0 Å². The molecule has 0 saturated carbocycles. The van der Waals surface area contributed by atoms with Gasteiger partial charge in [0.2, 0.25) is 0 Å². The lowest BCUT2D eigenvalue weighted by molar-refractivity contribution is 0.669. The van der Waals surface area contributed by atoms with Gasteiger partial charge in [-0.15, -0.1) is 0 Å². The molecule has 0 aliphatic rings. The summed E-state index contributed by atoms with van der Waals surface area (Å²) in [7, 11) is 0. The van der Waals surface area contributed by atoms with Crippen LogP contribution in [0.4, 0.5) is 0 Å². The third-order valence-electron chi connectivity index (χ3n) is 14.0. The summed E-state index contributed by atoms with van der Waals surface area (Å²) < 4.78 is 15.5. The summed E-state index contributed by atoms with van der Waals surface area (Å²) in [4.78, 5) is 16.2. The normalized spacial score (nSPS) is 12.1. The molecule has 69 heavy (non-hydrogen) atoms. The van der Waals surface area contributed by atoms with Gasteiger partial charge in [0.05, 0.1) is 11.0 Å². The minimum atomic E-state index is 0.538. The number of rotatable bonds is 5. The van der Waals surface area contributed by atoms with Crippen LogP contribution in [0.3, 0.4) is 0 Å². The Bertz CT molecular complexity index is 4600. The predicted octanol–water partition coefficient (Wildman–Crippen LogP) is 16.9. The number of hydrogen-bond donors (Lipinski definition) is 0. The number of fused-ring (bicyclic) bond motifs is 14. The minimum Gasteiger partial charge on any atom is -0.456 e. The molecule has 0 bridgehead atoms. The molecule has 0 N–H and O–H groups in total. The molecule has 11 aromatic carbocycles. The van der Waals surface area contributed by atoms with Crippen LogP contribution in [0.2, 0.25) is 0 Å². The number of benzene rings is 11. The molecule has 320 valence electrons. The lowest BCUT2D eigenvalue weighted by Crippen LogP contribution is -2.01. The van der Waals surface area contributed by atoms with E-state index in [0.29, 0.717) is 17.5 Å². The Kier molecular flexibility index (Phi) is 7.97. The largest absolute Gasteiger partial charge is 0.456 e. The van der Waals surface area contributed by atoms with E-state index >= 15 is 0 Å². The van der Waals surface area contributed by atoms with Crippen LogP contribution < -0.4 is 0 Å². The van der Waals surface area contributed by atoms with Gasteiger partial charge in [-0.3, -0.25) is 0 Å². The molecule has 15 aromatic rings. The predicted molar refractivity (Wildman–Crippen MR) is 283 cm³/mol. The SMILES string of the molecule is c1ccc(-c2ccc(-c3nc(-c4cc5oc6ccccc6c5c5ccc(-n6c7cc8ccccc8cc7c7c8ccccc8ccc76)cc45)nc(-c4cccc5oc6ccccc6c45)n3)cc2)cc1. The zero-order valence-electron chi connectivity index (χ0n) is 36.9. The summed E-state index contributed by atoms with van der Waals surface area (Å²) in [6.07, 6.45) is 0. The number of para-hydroxylation sites is 2. The van der Waals surface area contributed by atoms with E-state index in [1.165, 1.54) is 32.3 Å². The Balaban J connectivity index is 1.03. The van der Waals surface area contributed by atoms with Gasteiger partial charge in [-0.2, -0.15) is 0 Å². The average Bonchev–Trinajstić information content (AvgIpc) is 4.09. The summed E-state index contributed by atoms with van der Waals surface area (Å²) >= 11 is 0. The van der Waals surface area contributed by atoms with Gasteiger partial charge < -0.3 is 13.4 Å². The van der Waals surface area contributed by atoms with Crippen molar-refractivity contribution in [2.75, 3.05) is 0 Å². The van der Waals surface area contributed by atoms with Crippen LogP contribution >= 0.6 is 0 Å². The second kappa shape index (κ2) is 14.6. The van der Waals surface area contributed by atoms with Gasteiger partial charge in [-0.1, -0.05) is 164 Å². The van der Waals surface area contributed by atoms with E-state index in [1.54, 1.807) is 0 Å². The molecule has 6 nitrogen and oxygen atoms in total. The van der Waals surface area contributed by atoms with Crippen LogP contribution in [0.5, 0.6) is 0 Å². The minimum absolute atomic E-state index is 0.538. The highest BCUT2D eigenvalue weighted by Crippen LogP contribution is 2.44. The molecule has 0 unspecified atom stereocenters. The lowest BCUT2D eigenvalue weighted by Gasteiger charge is -2.14. The highest BCUT2D eigenvalue weighted by Gasteiger charge is 2.23. The van der Waals surface area contributed by atoms with Crippen molar-refractivity contribution in [1.29, 1.82) is 0 Å². The fourth-order valence-corrected chi connectivity index (χ4v) is 10.9. The molecule has 0 amide bonds. The Labute approximate surface area is 394 Å². The van der Waals surface area contributed by atoms with Crippen LogP contribution in [0.15, 0.2) is 227 Å². The smallest absolute Gasteiger partial charge is 0.164 e. The van der Waals surface area contributed by atoms with Crippen molar-refractivity contribution >= 4 is 98.0 Å². The molecule has 6 heteroatoms. The van der Waals surface area contributed by atoms with Gasteiger partial charge in [0.25, 0.3) is 0 Å². The number of aromatic nitrogens is 4. The van der Waals surface area contributed by atoms with E-state index in [1.807, 2.05) is 48.5 Å². The lowest BCUT2D eigenvalue weighted by atomic mass is 9.97. The quantitative estimate of drug-likeness (QED) is 0.172. The summed E-state index contributed by atoms with van der Waals surface area (Å²) in [6.45, 7) is 0. The van der Waals surface area contributed by atoms with Gasteiger partial charge >= 0.3 is 0 Å². The molecule has 0 fully saturated rings. The molecule has 0 aliphatic heterocycles. The maximum absolute atomic E-state index is 6.71. The summed E-state index contributed by atoms with van der Waals surface area (Å²) in [5, 5.41) is 13.4. The van der Waals surface area contributed by atoms with E-state index in [4.69, 9.17) is 23.8 Å². The van der Waals surface area contributed by atoms with Gasteiger partial charge in [-0.25, -0.2) is 15.0 Å². The zero-order valence-corrected chi connectivity index (χ0v) is 36.9. The maximum atomic E-state index is 6.71. The van der Waals surface area contributed by atoms with Crippen molar-refractivity contribution in [3.05, 3.63) is 218 Å². The van der Waals surface area contributed by atoms with Crippen molar-refractivity contribution in [3.63, 3.8) is 0 Å². The van der Waals surface area contributed by atoms with Crippen LogP contribution in [0.25, 0.3) is 149 Å². The van der Waals surface area contributed by atoms with E-state index in [0.717, 1.165) is 99.2 Å². The summed E-state index contributed by atoms with van der Waals surface area (Å²) in [6, 6.07) is 76.9. The molecule has 0 radical (unpaired) electrons. The third kappa shape index (κ3) is 5.76. The second-order valence-electron chi connectivity index (χ2n) is 17.9. The Morgan fingerprint density at radius 2 is 0.899 bits per heavy atom. The molecule has 15 rings (SSSR count). The number of nitrogens with zero attached hydrogens (tertiary/aromatic N) is 4. The highest BCUT2D eigenvalue weighted by molar-refractivity contribution is 6.25. The second-order valence-corrected chi connectivity index (χ2v) is 17.9. The average molecular weight is 881 g/mol. The van der Waals surface area contributed by atoms with Gasteiger partial charge in [0, 0.05) is 54.7 Å². The van der Waals surface area contributed by atoms with E-state index in [9.17, 15) is 0 Å². The highest BCUT2D eigenvalue weighted by atomic mass is 16.3. The zero-order chi connectivity index (χ0) is 45.2. The first kappa shape index (κ1) is 37.8. The molecule has 0 aliphatic carbocycles. The molecule has 0 saturated heterocycles. The Morgan fingerprint density at radius 3 is 1.70 bits per heavy atom. The number of hydrogen-bond acceptors (Lipinski definition) is 5. The van der Waals surface area contributed by atoms with Crippen LogP contribution in [0, 0.1) is 0 Å². The molecular formula is C63H36N4O2. The van der Waals surface area contributed by atoms with Crippen molar-refractivity contribution in [2.45, 2.75) is 0 Å².